The third-order valence-corrected chi connectivity index (χ3v) is 5.95. The Morgan fingerprint density at radius 2 is 1.84 bits per heavy atom. The monoisotopic (exact) mass is 431 g/mol. The topological polar surface area (TPSA) is 62.5 Å². The van der Waals surface area contributed by atoms with Gasteiger partial charge in [-0.3, -0.25) is 4.79 Å². The van der Waals surface area contributed by atoms with E-state index in [9.17, 15) is 4.79 Å². The van der Waals surface area contributed by atoms with Crippen LogP contribution in [0.3, 0.4) is 0 Å². The minimum atomic E-state index is -0.0360. The molecular formula is C24H22ClN5O. The molecule has 1 amide bonds. The first-order chi connectivity index (χ1) is 15.1. The lowest BCUT2D eigenvalue weighted by atomic mass is 9.99. The lowest BCUT2D eigenvalue weighted by Gasteiger charge is -2.39. The Kier molecular flexibility index (Phi) is 5.08. The molecule has 4 aromatic rings. The van der Waals surface area contributed by atoms with Crippen LogP contribution in [0, 0.1) is 12.8 Å². The maximum absolute atomic E-state index is 12.5. The van der Waals surface area contributed by atoms with E-state index in [0.29, 0.717) is 24.7 Å². The van der Waals surface area contributed by atoms with Crippen LogP contribution >= 0.6 is 11.6 Å². The van der Waals surface area contributed by atoms with Crippen LogP contribution in [0.15, 0.2) is 67.1 Å². The number of fused-ring (bicyclic) bond motifs is 1. The van der Waals surface area contributed by atoms with Crippen LogP contribution in [0.2, 0.25) is 5.02 Å². The molecule has 1 aliphatic rings. The van der Waals surface area contributed by atoms with Crippen LogP contribution in [-0.4, -0.2) is 33.6 Å². The Morgan fingerprint density at radius 1 is 1.10 bits per heavy atom. The summed E-state index contributed by atoms with van der Waals surface area (Å²) in [4.78, 5) is 19.1. The van der Waals surface area contributed by atoms with E-state index in [2.05, 4.69) is 45.4 Å². The molecule has 0 bridgehead atoms. The van der Waals surface area contributed by atoms with Crippen molar-refractivity contribution in [3.8, 4) is 11.1 Å². The fourth-order valence-electron chi connectivity index (χ4n) is 3.82. The lowest BCUT2D eigenvalue weighted by molar-refractivity contribution is -0.125. The van der Waals surface area contributed by atoms with Gasteiger partial charge in [-0.1, -0.05) is 53.6 Å². The fraction of sp³-hybridized carbons (Fsp3) is 0.208. The number of aryl methyl sites for hydroxylation is 1. The number of rotatable bonds is 5. The minimum Gasteiger partial charge on any atom is -0.353 e. The van der Waals surface area contributed by atoms with Gasteiger partial charge in [0.2, 0.25) is 5.91 Å². The zero-order valence-corrected chi connectivity index (χ0v) is 17.9. The first-order valence-corrected chi connectivity index (χ1v) is 10.6. The van der Waals surface area contributed by atoms with E-state index < -0.39 is 0 Å². The van der Waals surface area contributed by atoms with Crippen molar-refractivity contribution in [1.82, 2.24) is 19.9 Å². The number of benzene rings is 2. The van der Waals surface area contributed by atoms with Gasteiger partial charge in [-0.2, -0.15) is 5.10 Å². The third-order valence-electron chi connectivity index (χ3n) is 5.70. The van der Waals surface area contributed by atoms with Crippen LogP contribution in [0.4, 0.5) is 5.82 Å². The number of hydrogen-bond acceptors (Lipinski definition) is 4. The molecule has 0 saturated carbocycles. The quantitative estimate of drug-likeness (QED) is 0.516. The lowest BCUT2D eigenvalue weighted by Crippen LogP contribution is -2.54. The van der Waals surface area contributed by atoms with Crippen molar-refractivity contribution in [3.05, 3.63) is 83.3 Å². The second-order valence-corrected chi connectivity index (χ2v) is 8.39. The van der Waals surface area contributed by atoms with E-state index in [0.717, 1.165) is 28.0 Å². The standard InChI is InChI=1S/C24H22ClN5O/c1-16-2-4-17(5-3-16)11-26-24(31)20-12-29(13-20)23-22-10-19(14-30(22)28-15-27-23)18-6-8-21(25)9-7-18/h2-10,14-15,20H,11-13H2,1H3,(H,26,31). The first-order valence-electron chi connectivity index (χ1n) is 10.2. The smallest absolute Gasteiger partial charge is 0.226 e. The highest BCUT2D eigenvalue weighted by Gasteiger charge is 2.34. The summed E-state index contributed by atoms with van der Waals surface area (Å²) in [5.41, 5.74) is 5.36. The Hall–Kier alpha value is -3.38. The highest BCUT2D eigenvalue weighted by molar-refractivity contribution is 6.30. The van der Waals surface area contributed by atoms with Gasteiger partial charge in [-0.05, 0) is 36.2 Å². The van der Waals surface area contributed by atoms with E-state index in [4.69, 9.17) is 11.6 Å². The molecule has 0 aliphatic carbocycles. The zero-order chi connectivity index (χ0) is 21.4. The van der Waals surface area contributed by atoms with Gasteiger partial charge in [0.15, 0.2) is 5.82 Å². The van der Waals surface area contributed by atoms with E-state index in [1.165, 1.54) is 5.56 Å². The number of amides is 1. The SMILES string of the molecule is Cc1ccc(CNC(=O)C2CN(c3ncnn4cc(-c5ccc(Cl)cc5)cc34)C2)cc1. The Bertz CT molecular complexity index is 1230. The molecule has 1 aliphatic heterocycles. The Labute approximate surface area is 185 Å². The molecule has 0 spiro atoms. The second-order valence-electron chi connectivity index (χ2n) is 7.95. The van der Waals surface area contributed by atoms with E-state index >= 15 is 0 Å². The Morgan fingerprint density at radius 3 is 2.58 bits per heavy atom. The number of carbonyl (C=O) groups excluding carboxylic acids is 1. The molecule has 31 heavy (non-hydrogen) atoms. The average molecular weight is 432 g/mol. The summed E-state index contributed by atoms with van der Waals surface area (Å²) in [6, 6.07) is 18.0. The summed E-state index contributed by atoms with van der Waals surface area (Å²) in [6.45, 7) is 3.90. The molecule has 0 unspecified atom stereocenters. The maximum atomic E-state index is 12.5. The van der Waals surface area contributed by atoms with E-state index in [-0.39, 0.29) is 11.8 Å². The Balaban J connectivity index is 1.26. The average Bonchev–Trinajstić information content (AvgIpc) is 3.18. The highest BCUT2D eigenvalue weighted by Crippen LogP contribution is 2.30. The molecule has 3 heterocycles. The van der Waals surface area contributed by atoms with Gasteiger partial charge in [-0.25, -0.2) is 9.50 Å². The number of aromatic nitrogens is 3. The molecule has 0 atom stereocenters. The van der Waals surface area contributed by atoms with Gasteiger partial charge >= 0.3 is 0 Å². The molecule has 0 radical (unpaired) electrons. The number of anilines is 1. The van der Waals surface area contributed by atoms with Crippen molar-refractivity contribution >= 4 is 28.8 Å². The van der Waals surface area contributed by atoms with E-state index in [1.807, 2.05) is 47.1 Å². The summed E-state index contributed by atoms with van der Waals surface area (Å²) in [5.74, 6) is 0.892. The molecule has 5 rings (SSSR count). The highest BCUT2D eigenvalue weighted by atomic mass is 35.5. The fourth-order valence-corrected chi connectivity index (χ4v) is 3.94. The predicted octanol–water partition coefficient (Wildman–Crippen LogP) is 4.11. The van der Waals surface area contributed by atoms with Gasteiger partial charge in [-0.15, -0.1) is 0 Å². The van der Waals surface area contributed by atoms with Gasteiger partial charge in [0.05, 0.1) is 5.92 Å². The molecule has 2 aromatic carbocycles. The molecule has 1 N–H and O–H groups in total. The van der Waals surface area contributed by atoms with Gasteiger partial charge in [0.1, 0.15) is 11.8 Å². The van der Waals surface area contributed by atoms with Crippen molar-refractivity contribution in [3.63, 3.8) is 0 Å². The molecule has 156 valence electrons. The van der Waals surface area contributed by atoms with Crippen LogP contribution < -0.4 is 10.2 Å². The van der Waals surface area contributed by atoms with Crippen molar-refractivity contribution in [2.45, 2.75) is 13.5 Å². The van der Waals surface area contributed by atoms with Crippen molar-refractivity contribution in [2.24, 2.45) is 5.92 Å². The number of hydrogen-bond donors (Lipinski definition) is 1. The van der Waals surface area contributed by atoms with Gasteiger partial charge < -0.3 is 10.2 Å². The second kappa shape index (κ2) is 8.04. The summed E-state index contributed by atoms with van der Waals surface area (Å²) in [5, 5.41) is 8.10. The minimum absolute atomic E-state index is 0.0360. The largest absolute Gasteiger partial charge is 0.353 e. The van der Waals surface area contributed by atoms with Gasteiger partial charge in [0, 0.05) is 36.4 Å². The number of nitrogens with one attached hydrogen (secondary N) is 1. The van der Waals surface area contributed by atoms with Crippen LogP contribution in [0.25, 0.3) is 16.6 Å². The molecule has 6 nitrogen and oxygen atoms in total. The first kappa shape index (κ1) is 19.6. The number of carbonyl (C=O) groups is 1. The van der Waals surface area contributed by atoms with Crippen molar-refractivity contribution < 1.29 is 4.79 Å². The maximum Gasteiger partial charge on any atom is 0.226 e. The van der Waals surface area contributed by atoms with Crippen molar-refractivity contribution in [1.29, 1.82) is 0 Å². The van der Waals surface area contributed by atoms with Crippen LogP contribution in [-0.2, 0) is 11.3 Å². The number of nitrogens with zero attached hydrogens (tertiary/aromatic N) is 4. The summed E-state index contributed by atoms with van der Waals surface area (Å²) < 4.78 is 1.83. The molecule has 2 aromatic heterocycles. The zero-order valence-electron chi connectivity index (χ0n) is 17.1. The number of halogens is 1. The molecule has 1 saturated heterocycles. The van der Waals surface area contributed by atoms with Crippen LogP contribution in [0.1, 0.15) is 11.1 Å². The van der Waals surface area contributed by atoms with Crippen LogP contribution in [0.5, 0.6) is 0 Å². The van der Waals surface area contributed by atoms with E-state index in [1.54, 1.807) is 6.33 Å². The summed E-state index contributed by atoms with van der Waals surface area (Å²) in [7, 11) is 0. The predicted molar refractivity (Wildman–Crippen MR) is 122 cm³/mol. The normalized spacial score (nSPS) is 13.9. The molecule has 1 fully saturated rings. The summed E-state index contributed by atoms with van der Waals surface area (Å²) in [6.07, 6.45) is 3.54. The third kappa shape index (κ3) is 3.99. The summed E-state index contributed by atoms with van der Waals surface area (Å²) >= 11 is 6.01. The molecule has 7 heteroatoms. The molecular weight excluding hydrogens is 410 g/mol. The van der Waals surface area contributed by atoms with Crippen molar-refractivity contribution in [2.75, 3.05) is 18.0 Å². The van der Waals surface area contributed by atoms with Gasteiger partial charge in [0.25, 0.3) is 0 Å².